The summed E-state index contributed by atoms with van der Waals surface area (Å²) in [5.41, 5.74) is 11.3. The summed E-state index contributed by atoms with van der Waals surface area (Å²) in [5.74, 6) is 1.00. The van der Waals surface area contributed by atoms with Gasteiger partial charge in [0.25, 0.3) is 5.82 Å². The molecule has 0 aliphatic carbocycles. The molecule has 6 heterocycles. The lowest BCUT2D eigenvalue weighted by Crippen LogP contribution is -2.43. The van der Waals surface area contributed by atoms with Crippen LogP contribution >= 0.6 is 0 Å². The van der Waals surface area contributed by atoms with Crippen LogP contribution in [0.4, 0.5) is 22.9 Å². The summed E-state index contributed by atoms with van der Waals surface area (Å²) in [6, 6.07) is 9.41. The van der Waals surface area contributed by atoms with E-state index in [0.29, 0.717) is 29.8 Å². The number of fused-ring (bicyclic) bond motifs is 2. The maximum atomic E-state index is 5.74. The minimum absolute atomic E-state index is 0.328. The molecule has 2 saturated heterocycles. The zero-order valence-corrected chi connectivity index (χ0v) is 32.0. The number of hydrogen-bond donors (Lipinski definition) is 3. The van der Waals surface area contributed by atoms with E-state index in [1.165, 1.54) is 22.4 Å². The van der Waals surface area contributed by atoms with Crippen molar-refractivity contribution in [2.45, 2.75) is 98.1 Å². The lowest BCUT2D eigenvalue weighted by Gasteiger charge is -2.32. The minimum Gasteiger partial charge on any atom is -0.381 e. The zero-order valence-electron chi connectivity index (χ0n) is 32.0. The molecule has 12 nitrogen and oxygen atoms in total. The van der Waals surface area contributed by atoms with Crippen LogP contribution < -0.4 is 25.4 Å². The van der Waals surface area contributed by atoms with Crippen molar-refractivity contribution in [1.82, 2.24) is 29.7 Å². The standard InChI is InChI=1S/C40H57N10O2/c1-7-36-35(38(46-30-16-20-52-21-17-30)33-24-42-49(8-2)39(33)47-36)26-50(9-3)40-34(25-43-50)37(45-29-14-18-51-19-15-29)32(27(4)44-40)23-41-22-28-10-12-31(13-11-28)48(5)6/h10-13,24-25,29-30,41H,7-9,14-23,26H2,1-6H3,(H,44,45)(H,46,47)/q+1. The number of rotatable bonds is 14. The van der Waals surface area contributed by atoms with Crippen LogP contribution in [-0.4, -0.2) is 85.1 Å². The van der Waals surface area contributed by atoms with Crippen LogP contribution in [0, 0.1) is 6.92 Å². The first-order chi connectivity index (χ1) is 25.3. The van der Waals surface area contributed by atoms with Crippen molar-refractivity contribution in [2.24, 2.45) is 5.10 Å². The van der Waals surface area contributed by atoms with E-state index in [9.17, 15) is 0 Å². The third-order valence-electron chi connectivity index (χ3n) is 11.1. The summed E-state index contributed by atoms with van der Waals surface area (Å²) in [5, 5.41) is 22.9. The highest BCUT2D eigenvalue weighted by molar-refractivity contribution is 5.98. The Bertz CT molecular complexity index is 1880. The van der Waals surface area contributed by atoms with Gasteiger partial charge in [0.1, 0.15) is 24.9 Å². The van der Waals surface area contributed by atoms with Gasteiger partial charge in [-0.2, -0.15) is 10.1 Å². The number of nitrogens with one attached hydrogen (secondary N) is 3. The lowest BCUT2D eigenvalue weighted by atomic mass is 10.0. The van der Waals surface area contributed by atoms with Crippen molar-refractivity contribution in [3.63, 3.8) is 0 Å². The first-order valence-corrected chi connectivity index (χ1v) is 19.3. The third-order valence-corrected chi connectivity index (χ3v) is 11.1. The SMILES string of the molecule is CCc1nc2c(cnn2CC)c(NC2CCOCC2)c1C[N+]1(CC)N=Cc2c1nc(C)c(CNCc1ccc(N(C)C)cc1)c2NC1CCOCC1. The molecule has 7 rings (SSSR count). The van der Waals surface area contributed by atoms with E-state index in [0.717, 1.165) is 123 Å². The summed E-state index contributed by atoms with van der Waals surface area (Å²) in [4.78, 5) is 12.8. The fraction of sp³-hybridized carbons (Fsp3) is 0.550. The maximum absolute atomic E-state index is 5.74. The van der Waals surface area contributed by atoms with Gasteiger partial charge < -0.3 is 30.3 Å². The van der Waals surface area contributed by atoms with Gasteiger partial charge in [-0.3, -0.25) is 0 Å². The molecular formula is C40H57N10O2+. The van der Waals surface area contributed by atoms with Crippen LogP contribution in [0.2, 0.25) is 0 Å². The Balaban J connectivity index is 1.26. The molecule has 278 valence electrons. The topological polar surface area (TPSA) is 114 Å². The third kappa shape index (κ3) is 7.26. The van der Waals surface area contributed by atoms with E-state index in [2.05, 4.69) is 93.1 Å². The van der Waals surface area contributed by atoms with Crippen LogP contribution in [0.5, 0.6) is 0 Å². The molecule has 4 aromatic rings. The number of ether oxygens (including phenoxy) is 2. The molecule has 2 fully saturated rings. The average Bonchev–Trinajstić information content (AvgIpc) is 3.75. The molecule has 1 aromatic carbocycles. The molecule has 0 bridgehead atoms. The number of aromatic nitrogens is 4. The van der Waals surface area contributed by atoms with Crippen LogP contribution in [0.15, 0.2) is 35.6 Å². The summed E-state index contributed by atoms with van der Waals surface area (Å²) in [6.45, 7) is 15.5. The predicted molar refractivity (Wildman–Crippen MR) is 211 cm³/mol. The Kier molecular flexibility index (Phi) is 11.1. The molecule has 1 atom stereocenters. The number of quaternary nitrogens is 1. The van der Waals surface area contributed by atoms with Crippen LogP contribution in [0.3, 0.4) is 0 Å². The molecule has 1 unspecified atom stereocenters. The number of anilines is 3. The monoisotopic (exact) mass is 709 g/mol. The molecule has 0 spiro atoms. The second-order valence-electron chi connectivity index (χ2n) is 14.6. The van der Waals surface area contributed by atoms with Gasteiger partial charge in [-0.15, -0.1) is 4.59 Å². The number of benzene rings is 1. The van der Waals surface area contributed by atoms with Crippen LogP contribution in [0.1, 0.15) is 80.1 Å². The van der Waals surface area contributed by atoms with Crippen molar-refractivity contribution in [1.29, 1.82) is 0 Å². The normalized spacial score (nSPS) is 19.3. The van der Waals surface area contributed by atoms with Crippen molar-refractivity contribution in [2.75, 3.05) is 62.6 Å². The Morgan fingerprint density at radius 3 is 2.15 bits per heavy atom. The lowest BCUT2D eigenvalue weighted by molar-refractivity contribution is 0.0903. The van der Waals surface area contributed by atoms with Gasteiger partial charge >= 0.3 is 0 Å². The Hall–Kier alpha value is -4.10. The highest BCUT2D eigenvalue weighted by Gasteiger charge is 2.42. The van der Waals surface area contributed by atoms with Crippen molar-refractivity contribution in [3.8, 4) is 0 Å². The number of pyridine rings is 2. The van der Waals surface area contributed by atoms with Crippen LogP contribution in [-0.2, 0) is 42.1 Å². The molecule has 3 N–H and O–H groups in total. The second-order valence-corrected chi connectivity index (χ2v) is 14.6. The van der Waals surface area contributed by atoms with Gasteiger partial charge in [-0.05, 0) is 70.6 Å². The number of hydrogen-bond acceptors (Lipinski definition) is 10. The first-order valence-electron chi connectivity index (χ1n) is 19.3. The average molecular weight is 710 g/mol. The minimum atomic E-state index is 0.328. The van der Waals surface area contributed by atoms with Crippen molar-refractivity contribution < 1.29 is 9.47 Å². The van der Waals surface area contributed by atoms with E-state index in [1.54, 1.807) is 0 Å². The Morgan fingerprint density at radius 2 is 1.54 bits per heavy atom. The molecule has 3 aromatic heterocycles. The van der Waals surface area contributed by atoms with E-state index < -0.39 is 0 Å². The second kappa shape index (κ2) is 15.9. The van der Waals surface area contributed by atoms with Gasteiger partial charge in [0.2, 0.25) is 0 Å². The summed E-state index contributed by atoms with van der Waals surface area (Å²) < 4.78 is 13.9. The van der Waals surface area contributed by atoms with Crippen molar-refractivity contribution in [3.05, 3.63) is 64.1 Å². The van der Waals surface area contributed by atoms with Gasteiger partial charge in [-0.25, -0.2) is 9.67 Å². The molecule has 3 aliphatic rings. The largest absolute Gasteiger partial charge is 0.381 e. The summed E-state index contributed by atoms with van der Waals surface area (Å²) in [7, 11) is 4.14. The predicted octanol–water partition coefficient (Wildman–Crippen LogP) is 6.13. The molecular weight excluding hydrogens is 653 g/mol. The van der Waals surface area contributed by atoms with Gasteiger partial charge in [0, 0.05) is 83.5 Å². The summed E-state index contributed by atoms with van der Waals surface area (Å²) in [6.07, 6.45) is 8.78. The van der Waals surface area contributed by atoms with Gasteiger partial charge in [-0.1, -0.05) is 24.2 Å². The Labute approximate surface area is 308 Å². The molecule has 0 amide bonds. The Morgan fingerprint density at radius 1 is 0.865 bits per heavy atom. The highest BCUT2D eigenvalue weighted by atomic mass is 16.5. The van der Waals surface area contributed by atoms with E-state index in [4.69, 9.17) is 29.6 Å². The zero-order chi connectivity index (χ0) is 36.2. The number of aryl methyl sites for hydroxylation is 3. The van der Waals surface area contributed by atoms with Gasteiger partial charge in [0.05, 0.1) is 39.9 Å². The molecule has 0 saturated carbocycles. The fourth-order valence-corrected chi connectivity index (χ4v) is 7.88. The van der Waals surface area contributed by atoms with Crippen molar-refractivity contribution >= 4 is 40.1 Å². The maximum Gasteiger partial charge on any atom is 0.266 e. The molecule has 52 heavy (non-hydrogen) atoms. The molecule has 12 heteroatoms. The van der Waals surface area contributed by atoms with E-state index in [-0.39, 0.29) is 0 Å². The smallest absolute Gasteiger partial charge is 0.266 e. The quantitative estimate of drug-likeness (QED) is 0.133. The van der Waals surface area contributed by atoms with E-state index >= 15 is 0 Å². The number of nitrogens with zero attached hydrogens (tertiary/aromatic N) is 7. The van der Waals surface area contributed by atoms with E-state index in [1.807, 2.05) is 10.9 Å². The first kappa shape index (κ1) is 36.3. The molecule has 0 radical (unpaired) electrons. The van der Waals surface area contributed by atoms with Crippen LogP contribution in [0.25, 0.3) is 11.0 Å². The fourth-order valence-electron chi connectivity index (χ4n) is 7.88. The molecule has 3 aliphatic heterocycles. The highest BCUT2D eigenvalue weighted by Crippen LogP contribution is 2.42. The summed E-state index contributed by atoms with van der Waals surface area (Å²) >= 11 is 0. The van der Waals surface area contributed by atoms with Gasteiger partial charge in [0.15, 0.2) is 5.65 Å².